The van der Waals surface area contributed by atoms with Crippen LogP contribution in [0.15, 0.2) is 322 Å². The molecule has 0 bridgehead atoms. The molecule has 0 saturated carbocycles. The standard InChI is InChI=1S/C86H53N9/c1-5-22-54(23-6-1)58-40-44-74-66(50-58)67-51-59(55-24-7-2-8-25-55)41-45-75(67)93(74)84-88-85(94-76-46-42-60(56-26-9-3-10-27-56)52-68(76)69-53-61(43-47-77(69)94)57-28-11-4-12-29-57)90-86(89-84)95-73-37-20-16-33-65(73)83-79(95)49-48-78-82(83)64-32-15-19-36-72(64)92(78)81-39-21-38-80(87-81)91-70-34-17-13-30-62(70)63-31-14-18-35-71(63)91/h1-53H. The monoisotopic (exact) mass is 1210 g/mol. The predicted molar refractivity (Wildman–Crippen MR) is 391 cm³/mol. The van der Waals surface area contributed by atoms with Gasteiger partial charge in [-0.15, -0.1) is 0 Å². The van der Waals surface area contributed by atoms with Crippen molar-refractivity contribution in [1.82, 2.24) is 42.8 Å². The van der Waals surface area contributed by atoms with Crippen molar-refractivity contribution in [3.8, 4) is 74.0 Å². The van der Waals surface area contributed by atoms with Crippen LogP contribution < -0.4 is 0 Å². The highest BCUT2D eigenvalue weighted by molar-refractivity contribution is 6.29. The van der Waals surface area contributed by atoms with E-state index in [4.69, 9.17) is 19.9 Å². The van der Waals surface area contributed by atoms with Gasteiger partial charge in [-0.3, -0.25) is 22.8 Å². The van der Waals surface area contributed by atoms with Crippen LogP contribution in [0, 0.1) is 0 Å². The molecular formula is C86H53N9. The van der Waals surface area contributed by atoms with E-state index in [2.05, 4.69) is 344 Å². The second-order valence-corrected chi connectivity index (χ2v) is 24.6. The minimum absolute atomic E-state index is 0.480. The van der Waals surface area contributed by atoms with Gasteiger partial charge >= 0.3 is 0 Å². The Morgan fingerprint density at radius 1 is 0.158 bits per heavy atom. The molecule has 0 saturated heterocycles. The second-order valence-electron chi connectivity index (χ2n) is 24.6. The molecule has 0 fully saturated rings. The van der Waals surface area contributed by atoms with Crippen molar-refractivity contribution < 1.29 is 0 Å². The van der Waals surface area contributed by atoms with Crippen molar-refractivity contribution in [3.63, 3.8) is 0 Å². The molecule has 0 N–H and O–H groups in total. The third kappa shape index (κ3) is 8.09. The summed E-state index contributed by atoms with van der Waals surface area (Å²) in [6.07, 6.45) is 0. The lowest BCUT2D eigenvalue weighted by atomic mass is 10.0. The topological polar surface area (TPSA) is 76.2 Å². The van der Waals surface area contributed by atoms with E-state index in [1.54, 1.807) is 0 Å². The fourth-order valence-corrected chi connectivity index (χ4v) is 15.2. The number of aromatic nitrogens is 9. The summed E-state index contributed by atoms with van der Waals surface area (Å²) >= 11 is 0. The van der Waals surface area contributed by atoms with Crippen molar-refractivity contribution in [3.05, 3.63) is 322 Å². The largest absolute Gasteiger partial charge is 0.294 e. The zero-order valence-electron chi connectivity index (χ0n) is 51.1. The van der Waals surface area contributed by atoms with Gasteiger partial charge in [-0.1, -0.05) is 224 Å². The molecule has 0 unspecified atom stereocenters. The molecule has 95 heavy (non-hydrogen) atoms. The van der Waals surface area contributed by atoms with Gasteiger partial charge < -0.3 is 0 Å². The average molecular weight is 1210 g/mol. The Kier molecular flexibility index (Phi) is 11.5. The fraction of sp³-hybridized carbons (Fsp3) is 0. The van der Waals surface area contributed by atoms with Crippen LogP contribution >= 0.6 is 0 Å². The van der Waals surface area contributed by atoms with Crippen molar-refractivity contribution in [2.75, 3.05) is 0 Å². The molecule has 0 aliphatic rings. The average Bonchev–Trinajstić information content (AvgIpc) is 1.55. The predicted octanol–water partition coefficient (Wildman–Crippen LogP) is 21.4. The summed E-state index contributed by atoms with van der Waals surface area (Å²) in [6, 6.07) is 115. The Bertz CT molecular complexity index is 6050. The summed E-state index contributed by atoms with van der Waals surface area (Å²) in [4.78, 5) is 23.0. The SMILES string of the molecule is c1ccc(-c2ccc3c(c2)c2cc(-c4ccccc4)ccc2n3-c2nc(-n3c4ccc(-c5ccccc5)cc4c4cc(-c5ccccc5)ccc43)nc(-n3c4ccccc4c4c5c6ccccc6n(-c6cccc(-n7c8ccccc8c8ccccc87)n6)c5ccc43)n2)cc1. The minimum Gasteiger partial charge on any atom is -0.294 e. The van der Waals surface area contributed by atoms with Crippen molar-refractivity contribution in [2.24, 2.45) is 0 Å². The van der Waals surface area contributed by atoms with Gasteiger partial charge in [0.25, 0.3) is 0 Å². The van der Waals surface area contributed by atoms with E-state index >= 15 is 0 Å². The maximum Gasteiger partial charge on any atom is 0.241 e. The van der Waals surface area contributed by atoms with Crippen LogP contribution in [0.5, 0.6) is 0 Å². The van der Waals surface area contributed by atoms with Gasteiger partial charge in [0.15, 0.2) is 0 Å². The third-order valence-corrected chi connectivity index (χ3v) is 19.4. The maximum atomic E-state index is 5.80. The van der Waals surface area contributed by atoms with Crippen molar-refractivity contribution in [1.29, 1.82) is 0 Å². The molecule has 442 valence electrons. The lowest BCUT2D eigenvalue weighted by Crippen LogP contribution is -2.13. The zero-order valence-corrected chi connectivity index (χ0v) is 51.1. The number of benzene rings is 13. The summed E-state index contributed by atoms with van der Waals surface area (Å²) in [7, 11) is 0. The Morgan fingerprint density at radius 2 is 0.411 bits per heavy atom. The van der Waals surface area contributed by atoms with Crippen molar-refractivity contribution >= 4 is 109 Å². The first-order valence-corrected chi connectivity index (χ1v) is 32.2. The molecule has 20 aromatic rings. The van der Waals surface area contributed by atoms with Crippen LogP contribution in [0.2, 0.25) is 0 Å². The van der Waals surface area contributed by atoms with Gasteiger partial charge in [0.2, 0.25) is 17.8 Å². The van der Waals surface area contributed by atoms with E-state index in [0.29, 0.717) is 17.8 Å². The summed E-state index contributed by atoms with van der Waals surface area (Å²) in [5.74, 6) is 3.12. The molecule has 9 heteroatoms. The minimum atomic E-state index is 0.480. The first-order chi connectivity index (χ1) is 47.1. The summed E-state index contributed by atoms with van der Waals surface area (Å²) in [5, 5.41) is 11.1. The highest BCUT2D eigenvalue weighted by Crippen LogP contribution is 2.45. The second kappa shape index (κ2) is 20.8. The molecular weight excluding hydrogens is 1160 g/mol. The van der Waals surface area contributed by atoms with Crippen LogP contribution in [-0.4, -0.2) is 42.8 Å². The van der Waals surface area contributed by atoms with Crippen LogP contribution in [0.3, 0.4) is 0 Å². The van der Waals surface area contributed by atoms with Gasteiger partial charge in [-0.25, -0.2) is 4.98 Å². The van der Waals surface area contributed by atoms with Crippen LogP contribution in [0.4, 0.5) is 0 Å². The van der Waals surface area contributed by atoms with Gasteiger partial charge in [-0.05, 0) is 142 Å². The van der Waals surface area contributed by atoms with Gasteiger partial charge in [0.1, 0.15) is 11.6 Å². The molecule has 9 nitrogen and oxygen atoms in total. The van der Waals surface area contributed by atoms with E-state index in [1.165, 1.54) is 10.8 Å². The van der Waals surface area contributed by atoms with Gasteiger partial charge in [-0.2, -0.15) is 15.0 Å². The molecule has 7 aromatic heterocycles. The number of para-hydroxylation sites is 4. The lowest BCUT2D eigenvalue weighted by molar-refractivity contribution is 0.848. The molecule has 0 spiro atoms. The Hall–Kier alpha value is -13.0. The quantitative estimate of drug-likeness (QED) is 0.144. The highest BCUT2D eigenvalue weighted by Gasteiger charge is 2.27. The van der Waals surface area contributed by atoms with Crippen LogP contribution in [-0.2, 0) is 0 Å². The van der Waals surface area contributed by atoms with E-state index in [9.17, 15) is 0 Å². The first kappa shape index (κ1) is 52.8. The fourth-order valence-electron chi connectivity index (χ4n) is 15.2. The van der Waals surface area contributed by atoms with E-state index in [0.717, 1.165) is 154 Å². The number of hydrogen-bond acceptors (Lipinski definition) is 4. The molecule has 7 heterocycles. The summed E-state index contributed by atoms with van der Waals surface area (Å²) in [5.41, 5.74) is 19.2. The molecule has 0 radical (unpaired) electrons. The van der Waals surface area contributed by atoms with E-state index in [1.807, 2.05) is 0 Å². The van der Waals surface area contributed by atoms with Gasteiger partial charge in [0.05, 0.1) is 55.2 Å². The third-order valence-electron chi connectivity index (χ3n) is 19.4. The number of pyridine rings is 1. The normalized spacial score (nSPS) is 12.0. The molecule has 0 amide bonds. The lowest BCUT2D eigenvalue weighted by Gasteiger charge is -2.14. The van der Waals surface area contributed by atoms with Crippen LogP contribution in [0.25, 0.3) is 183 Å². The molecule has 0 aliphatic carbocycles. The van der Waals surface area contributed by atoms with E-state index in [-0.39, 0.29) is 0 Å². The number of rotatable bonds is 9. The number of nitrogens with zero attached hydrogens (tertiary/aromatic N) is 9. The van der Waals surface area contributed by atoms with E-state index < -0.39 is 0 Å². The Balaban J connectivity index is 0.868. The zero-order chi connectivity index (χ0) is 62.2. The van der Waals surface area contributed by atoms with Crippen molar-refractivity contribution in [2.45, 2.75) is 0 Å². The number of fused-ring (bicyclic) bond motifs is 16. The molecule has 0 atom stereocenters. The Morgan fingerprint density at radius 3 is 0.768 bits per heavy atom. The first-order valence-electron chi connectivity index (χ1n) is 32.2. The number of hydrogen-bond donors (Lipinski definition) is 0. The molecule has 13 aromatic carbocycles. The molecule has 0 aliphatic heterocycles. The summed E-state index contributed by atoms with van der Waals surface area (Å²) in [6.45, 7) is 0. The smallest absolute Gasteiger partial charge is 0.241 e. The van der Waals surface area contributed by atoms with Crippen LogP contribution in [0.1, 0.15) is 0 Å². The summed E-state index contributed by atoms with van der Waals surface area (Å²) < 4.78 is 11.4. The van der Waals surface area contributed by atoms with Gasteiger partial charge in [0, 0.05) is 53.9 Å². The molecule has 20 rings (SSSR count). The highest BCUT2D eigenvalue weighted by atomic mass is 15.3. The Labute approximate surface area is 544 Å². The maximum absolute atomic E-state index is 5.80.